The van der Waals surface area contributed by atoms with Crippen LogP contribution in [0.2, 0.25) is 0 Å². The van der Waals surface area contributed by atoms with Crippen LogP contribution >= 0.6 is 0 Å². The number of hydrogen-bond acceptors (Lipinski definition) is 4. The fraction of sp³-hybridized carbons (Fsp3) is 0.667. The third-order valence-electron chi connectivity index (χ3n) is 2.23. The molecule has 0 saturated heterocycles. The lowest BCUT2D eigenvalue weighted by Gasteiger charge is -2.41. The first-order valence-electron chi connectivity index (χ1n) is 4.25. The Hall–Kier alpha value is -1.03. The van der Waals surface area contributed by atoms with Crippen molar-refractivity contribution in [3.63, 3.8) is 0 Å². The highest BCUT2D eigenvalue weighted by Gasteiger charge is 2.46. The average Bonchev–Trinajstić information content (AvgIpc) is 2.09. The molecule has 0 bridgehead atoms. The minimum Gasteiger partial charge on any atom is -0.486 e. The van der Waals surface area contributed by atoms with Crippen molar-refractivity contribution in [2.45, 2.75) is 24.5 Å². The first-order valence-corrected chi connectivity index (χ1v) is 4.25. The van der Waals surface area contributed by atoms with Crippen LogP contribution in [0.4, 0.5) is 0 Å². The molecular formula is C9H15NO3. The van der Waals surface area contributed by atoms with Gasteiger partial charge in [-0.2, -0.15) is 0 Å². The number of ether oxygens (including phenoxy) is 2. The second-order valence-electron chi connectivity index (χ2n) is 3.16. The third kappa shape index (κ3) is 2.21. The maximum absolute atomic E-state index is 10.7. The summed E-state index contributed by atoms with van der Waals surface area (Å²) in [5, 5.41) is 2.79. The summed E-state index contributed by atoms with van der Waals surface area (Å²) in [6.07, 6.45) is 5.43. The van der Waals surface area contributed by atoms with Gasteiger partial charge in [-0.3, -0.25) is 4.79 Å². The molecule has 0 aromatic heterocycles. The molecule has 4 heteroatoms. The Labute approximate surface area is 77.9 Å². The Bertz CT molecular complexity index is 197. The minimum atomic E-state index is -0.645. The van der Waals surface area contributed by atoms with E-state index in [-0.39, 0.29) is 6.10 Å². The molecule has 0 aliphatic heterocycles. The molecular weight excluding hydrogens is 170 g/mol. The zero-order valence-corrected chi connectivity index (χ0v) is 7.95. The Balaban J connectivity index is 2.36. The molecule has 0 unspecified atom stereocenters. The smallest absolute Gasteiger partial charge is 0.168 e. The molecule has 0 amide bonds. The Morgan fingerprint density at radius 1 is 1.54 bits per heavy atom. The van der Waals surface area contributed by atoms with E-state index in [4.69, 9.17) is 9.47 Å². The van der Waals surface area contributed by atoms with Gasteiger partial charge in [0.1, 0.15) is 6.26 Å². The maximum Gasteiger partial charge on any atom is 0.168 e. The highest BCUT2D eigenvalue weighted by Crippen LogP contribution is 2.36. The molecule has 74 valence electrons. The summed E-state index contributed by atoms with van der Waals surface area (Å²) >= 11 is 0. The average molecular weight is 185 g/mol. The third-order valence-corrected chi connectivity index (χ3v) is 2.23. The highest BCUT2D eigenvalue weighted by atomic mass is 16.5. The molecule has 1 aliphatic rings. The van der Waals surface area contributed by atoms with Crippen LogP contribution in [-0.4, -0.2) is 32.1 Å². The summed E-state index contributed by atoms with van der Waals surface area (Å²) < 4.78 is 10.4. The molecule has 1 N–H and O–H groups in total. The molecule has 4 nitrogen and oxygen atoms in total. The lowest BCUT2D eigenvalue weighted by molar-refractivity contribution is -0.153. The van der Waals surface area contributed by atoms with Crippen molar-refractivity contribution in [2.24, 2.45) is 0 Å². The van der Waals surface area contributed by atoms with Crippen molar-refractivity contribution in [1.82, 2.24) is 5.32 Å². The van der Waals surface area contributed by atoms with Crippen LogP contribution in [0.3, 0.4) is 0 Å². The molecule has 1 rings (SSSR count). The quantitative estimate of drug-likeness (QED) is 0.498. The van der Waals surface area contributed by atoms with Crippen molar-refractivity contribution < 1.29 is 14.3 Å². The fourth-order valence-corrected chi connectivity index (χ4v) is 1.34. The van der Waals surface area contributed by atoms with Gasteiger partial charge in [-0.25, -0.2) is 0 Å². The van der Waals surface area contributed by atoms with Gasteiger partial charge in [0.2, 0.25) is 0 Å². The number of methoxy groups -OCH3 is 1. The van der Waals surface area contributed by atoms with E-state index in [0.29, 0.717) is 12.8 Å². The van der Waals surface area contributed by atoms with E-state index in [1.807, 2.05) is 0 Å². The largest absolute Gasteiger partial charge is 0.486 e. The molecule has 1 aliphatic carbocycles. The molecule has 1 fully saturated rings. The Kier molecular flexibility index (Phi) is 3.31. The number of carbonyl (C=O) groups is 1. The van der Waals surface area contributed by atoms with Crippen molar-refractivity contribution in [3.8, 4) is 0 Å². The first-order chi connectivity index (χ1) is 6.26. The van der Waals surface area contributed by atoms with Crippen LogP contribution in [-0.2, 0) is 14.3 Å². The van der Waals surface area contributed by atoms with Crippen molar-refractivity contribution >= 4 is 6.29 Å². The Morgan fingerprint density at radius 2 is 2.23 bits per heavy atom. The lowest BCUT2D eigenvalue weighted by atomic mass is 9.78. The summed E-state index contributed by atoms with van der Waals surface area (Å²) in [5.74, 6) is 0. The Morgan fingerprint density at radius 3 is 2.69 bits per heavy atom. The maximum atomic E-state index is 10.7. The fourth-order valence-electron chi connectivity index (χ4n) is 1.34. The molecule has 0 aromatic rings. The molecule has 0 spiro atoms. The normalized spacial score (nSPS) is 32.6. The van der Waals surface area contributed by atoms with E-state index in [1.165, 1.54) is 6.26 Å². The number of nitrogens with one attached hydrogen (secondary N) is 1. The summed E-state index contributed by atoms with van der Waals surface area (Å²) in [4.78, 5) is 10.7. The summed E-state index contributed by atoms with van der Waals surface area (Å²) in [7, 11) is 3.41. The van der Waals surface area contributed by atoms with Crippen molar-refractivity contribution in [2.75, 3.05) is 14.2 Å². The van der Waals surface area contributed by atoms with Gasteiger partial charge in [0.25, 0.3) is 0 Å². The minimum absolute atomic E-state index is 0.160. The second-order valence-corrected chi connectivity index (χ2v) is 3.16. The van der Waals surface area contributed by atoms with Gasteiger partial charge in [0.15, 0.2) is 11.9 Å². The first kappa shape index (κ1) is 10.1. The van der Waals surface area contributed by atoms with Gasteiger partial charge in [-0.05, 0) is 0 Å². The summed E-state index contributed by atoms with van der Waals surface area (Å²) in [6.45, 7) is 0. The second kappa shape index (κ2) is 4.28. The van der Waals surface area contributed by atoms with Gasteiger partial charge in [-0.1, -0.05) is 0 Å². The van der Waals surface area contributed by atoms with Gasteiger partial charge in [-0.15, -0.1) is 0 Å². The predicted octanol–water partition coefficient (Wildman–Crippen LogP) is 0.440. The van der Waals surface area contributed by atoms with Gasteiger partial charge in [0, 0.05) is 33.2 Å². The zero-order chi connectivity index (χ0) is 9.73. The van der Waals surface area contributed by atoms with Crippen molar-refractivity contribution in [1.29, 1.82) is 0 Å². The summed E-state index contributed by atoms with van der Waals surface area (Å²) in [6, 6.07) is 0. The molecule has 0 heterocycles. The van der Waals surface area contributed by atoms with Gasteiger partial charge >= 0.3 is 0 Å². The molecule has 0 radical (unpaired) electrons. The molecule has 1 saturated carbocycles. The highest BCUT2D eigenvalue weighted by molar-refractivity contribution is 5.65. The van der Waals surface area contributed by atoms with E-state index in [0.717, 1.165) is 6.29 Å². The van der Waals surface area contributed by atoms with Crippen LogP contribution in [0.1, 0.15) is 12.8 Å². The number of rotatable bonds is 5. The van der Waals surface area contributed by atoms with E-state index >= 15 is 0 Å². The van der Waals surface area contributed by atoms with Crippen molar-refractivity contribution in [3.05, 3.63) is 12.5 Å². The van der Waals surface area contributed by atoms with E-state index in [9.17, 15) is 4.79 Å². The van der Waals surface area contributed by atoms with Crippen LogP contribution in [0.25, 0.3) is 0 Å². The van der Waals surface area contributed by atoms with Crippen LogP contribution in [0, 0.1) is 0 Å². The molecule has 13 heavy (non-hydrogen) atoms. The van der Waals surface area contributed by atoms with E-state index in [2.05, 4.69) is 5.32 Å². The van der Waals surface area contributed by atoms with E-state index < -0.39 is 5.60 Å². The van der Waals surface area contributed by atoms with Gasteiger partial charge < -0.3 is 14.8 Å². The van der Waals surface area contributed by atoms with Crippen LogP contribution < -0.4 is 5.32 Å². The molecule has 0 atom stereocenters. The van der Waals surface area contributed by atoms with E-state index in [1.54, 1.807) is 20.4 Å². The van der Waals surface area contributed by atoms with Crippen LogP contribution in [0.5, 0.6) is 0 Å². The topological polar surface area (TPSA) is 47.6 Å². The predicted molar refractivity (Wildman–Crippen MR) is 48.1 cm³/mol. The lowest BCUT2D eigenvalue weighted by Crippen LogP contribution is -2.50. The summed E-state index contributed by atoms with van der Waals surface area (Å²) in [5.41, 5.74) is -0.645. The number of carbonyl (C=O) groups excluding carboxylic acids is 1. The number of aldehydes is 1. The monoisotopic (exact) mass is 185 g/mol. The van der Waals surface area contributed by atoms with Gasteiger partial charge in [0.05, 0.1) is 6.10 Å². The van der Waals surface area contributed by atoms with Crippen LogP contribution in [0.15, 0.2) is 12.5 Å². The zero-order valence-electron chi connectivity index (χ0n) is 7.95. The number of hydrogen-bond donors (Lipinski definition) is 1. The SMILES string of the molecule is CN/C=C\OC1(C=O)CC(OC)C1. The molecule has 0 aromatic carbocycles. The standard InChI is InChI=1S/C9H15NO3/c1-10-3-4-13-9(7-11)5-8(6-9)12-2/h3-4,7-8,10H,5-6H2,1-2H3/b4-3-.